The van der Waals surface area contributed by atoms with Crippen molar-refractivity contribution < 1.29 is 0 Å². The Balaban J connectivity index is 1.35. The molecule has 9 aromatic rings. The zero-order chi connectivity index (χ0) is 28.3. The third-order valence-electron chi connectivity index (χ3n) is 8.74. The van der Waals surface area contributed by atoms with Gasteiger partial charge in [-0.2, -0.15) is 0 Å². The second kappa shape index (κ2) is 9.40. The second-order valence-corrected chi connectivity index (χ2v) is 11.2. The van der Waals surface area contributed by atoms with Gasteiger partial charge in [0.25, 0.3) is 0 Å². The smallest absolute Gasteiger partial charge is 0.146 e. The normalized spacial score (nSPS) is 11.7. The molecule has 43 heavy (non-hydrogen) atoms. The van der Waals surface area contributed by atoms with Crippen LogP contribution in [0.25, 0.3) is 82.5 Å². The van der Waals surface area contributed by atoms with Crippen LogP contribution >= 0.6 is 0 Å². The van der Waals surface area contributed by atoms with E-state index in [4.69, 9.17) is 4.98 Å². The van der Waals surface area contributed by atoms with Crippen molar-refractivity contribution in [3.8, 4) is 33.4 Å². The number of pyridine rings is 1. The van der Waals surface area contributed by atoms with Gasteiger partial charge in [0, 0.05) is 5.56 Å². The standard InChI is InChI=1S/C41H26N2/c1-2-13-27(14-3-1)39-31-18-5-7-20-33(31)40(34-21-8-6-19-32(34)39)30-17-12-16-28(25-30)35-26-29-15-4-10-23-37(29)43-38-24-11-9-22-36(38)42-41(35)43/h1-26H. The molecule has 9 rings (SSSR count). The van der Waals surface area contributed by atoms with Crippen LogP contribution in [0, 0.1) is 0 Å². The van der Waals surface area contributed by atoms with Crippen molar-refractivity contribution in [2.75, 3.05) is 0 Å². The SMILES string of the molecule is c1ccc(-c2c3ccccc3c(-c3cccc(-c4cc5ccccc5n5c4nc4ccccc45)c3)c3ccccc23)cc1. The summed E-state index contributed by atoms with van der Waals surface area (Å²) >= 11 is 0. The first-order valence-electron chi connectivity index (χ1n) is 14.7. The minimum absolute atomic E-state index is 0.978. The minimum Gasteiger partial charge on any atom is -0.292 e. The van der Waals surface area contributed by atoms with E-state index in [9.17, 15) is 0 Å². The fourth-order valence-corrected chi connectivity index (χ4v) is 6.89. The molecule has 0 N–H and O–H groups in total. The number of para-hydroxylation sites is 3. The first-order chi connectivity index (χ1) is 21.3. The maximum Gasteiger partial charge on any atom is 0.146 e. The highest BCUT2D eigenvalue weighted by Gasteiger charge is 2.18. The van der Waals surface area contributed by atoms with E-state index in [1.54, 1.807) is 0 Å². The van der Waals surface area contributed by atoms with Crippen molar-refractivity contribution in [2.45, 2.75) is 0 Å². The summed E-state index contributed by atoms with van der Waals surface area (Å²) in [6.07, 6.45) is 0. The summed E-state index contributed by atoms with van der Waals surface area (Å²) in [5.74, 6) is 0. The van der Waals surface area contributed by atoms with E-state index in [2.05, 4.69) is 162 Å². The molecule has 0 aliphatic carbocycles. The molecule has 0 amide bonds. The molecule has 0 spiro atoms. The predicted molar refractivity (Wildman–Crippen MR) is 182 cm³/mol. The van der Waals surface area contributed by atoms with E-state index in [1.165, 1.54) is 54.7 Å². The molecule has 2 heteroatoms. The van der Waals surface area contributed by atoms with Gasteiger partial charge in [0.05, 0.1) is 16.6 Å². The van der Waals surface area contributed by atoms with Gasteiger partial charge in [0.2, 0.25) is 0 Å². The van der Waals surface area contributed by atoms with E-state index in [-0.39, 0.29) is 0 Å². The largest absolute Gasteiger partial charge is 0.292 e. The molecular formula is C41H26N2. The molecule has 2 aromatic heterocycles. The summed E-state index contributed by atoms with van der Waals surface area (Å²) in [6, 6.07) is 56.8. The molecule has 0 fully saturated rings. The molecule has 0 saturated heterocycles. The van der Waals surface area contributed by atoms with Gasteiger partial charge in [-0.3, -0.25) is 4.40 Å². The summed E-state index contributed by atoms with van der Waals surface area (Å²) in [6.45, 7) is 0. The topological polar surface area (TPSA) is 17.3 Å². The van der Waals surface area contributed by atoms with Crippen LogP contribution in [0.1, 0.15) is 0 Å². The van der Waals surface area contributed by atoms with Crippen LogP contribution in [0.3, 0.4) is 0 Å². The van der Waals surface area contributed by atoms with E-state index in [0.29, 0.717) is 0 Å². The number of fused-ring (bicyclic) bond motifs is 7. The highest BCUT2D eigenvalue weighted by atomic mass is 15.0. The first-order valence-corrected chi connectivity index (χ1v) is 14.7. The minimum atomic E-state index is 0.978. The Morgan fingerprint density at radius 1 is 0.395 bits per heavy atom. The van der Waals surface area contributed by atoms with E-state index in [1.807, 2.05) is 0 Å². The van der Waals surface area contributed by atoms with Gasteiger partial charge in [0.1, 0.15) is 5.65 Å². The van der Waals surface area contributed by atoms with Crippen LogP contribution in [0.2, 0.25) is 0 Å². The number of benzene rings is 7. The summed E-state index contributed by atoms with van der Waals surface area (Å²) in [7, 11) is 0. The monoisotopic (exact) mass is 546 g/mol. The van der Waals surface area contributed by atoms with E-state index >= 15 is 0 Å². The Kier molecular flexibility index (Phi) is 5.23. The quantitative estimate of drug-likeness (QED) is 0.201. The van der Waals surface area contributed by atoms with Crippen molar-refractivity contribution in [3.63, 3.8) is 0 Å². The van der Waals surface area contributed by atoms with Crippen LogP contribution in [-0.4, -0.2) is 9.38 Å². The molecule has 7 aromatic carbocycles. The first kappa shape index (κ1) is 23.9. The Morgan fingerprint density at radius 2 is 0.930 bits per heavy atom. The highest BCUT2D eigenvalue weighted by Crippen LogP contribution is 2.44. The summed E-state index contributed by atoms with van der Waals surface area (Å²) in [5, 5.41) is 6.24. The lowest BCUT2D eigenvalue weighted by Crippen LogP contribution is -1.93. The molecule has 0 bridgehead atoms. The predicted octanol–water partition coefficient (Wildman–Crippen LogP) is 10.9. The fourth-order valence-electron chi connectivity index (χ4n) is 6.89. The lowest BCUT2D eigenvalue weighted by atomic mass is 9.85. The van der Waals surface area contributed by atoms with Gasteiger partial charge >= 0.3 is 0 Å². The van der Waals surface area contributed by atoms with Crippen molar-refractivity contribution in [3.05, 3.63) is 158 Å². The summed E-state index contributed by atoms with van der Waals surface area (Å²) in [5.41, 5.74) is 11.5. The molecule has 0 unspecified atom stereocenters. The average Bonchev–Trinajstić information content (AvgIpc) is 3.47. The van der Waals surface area contributed by atoms with Crippen molar-refractivity contribution >= 4 is 49.1 Å². The lowest BCUT2D eigenvalue weighted by Gasteiger charge is -2.18. The summed E-state index contributed by atoms with van der Waals surface area (Å²) < 4.78 is 2.31. The van der Waals surface area contributed by atoms with Crippen molar-refractivity contribution in [2.24, 2.45) is 0 Å². The van der Waals surface area contributed by atoms with E-state index in [0.717, 1.165) is 27.8 Å². The Bertz CT molecular complexity index is 2450. The lowest BCUT2D eigenvalue weighted by molar-refractivity contribution is 1.30. The van der Waals surface area contributed by atoms with Gasteiger partial charge in [0.15, 0.2) is 0 Å². The van der Waals surface area contributed by atoms with E-state index < -0.39 is 0 Å². The summed E-state index contributed by atoms with van der Waals surface area (Å²) in [4.78, 5) is 5.15. The van der Waals surface area contributed by atoms with Crippen LogP contribution in [-0.2, 0) is 0 Å². The van der Waals surface area contributed by atoms with Crippen molar-refractivity contribution in [1.82, 2.24) is 9.38 Å². The van der Waals surface area contributed by atoms with Crippen LogP contribution < -0.4 is 0 Å². The van der Waals surface area contributed by atoms with Gasteiger partial charge < -0.3 is 0 Å². The highest BCUT2D eigenvalue weighted by molar-refractivity contribution is 6.21. The third-order valence-corrected chi connectivity index (χ3v) is 8.74. The molecule has 0 saturated carbocycles. The van der Waals surface area contributed by atoms with Crippen LogP contribution in [0.4, 0.5) is 0 Å². The average molecular weight is 547 g/mol. The second-order valence-electron chi connectivity index (χ2n) is 11.2. The Morgan fingerprint density at radius 3 is 1.65 bits per heavy atom. The Labute approximate surface area is 249 Å². The molecule has 0 radical (unpaired) electrons. The van der Waals surface area contributed by atoms with Crippen LogP contribution in [0.5, 0.6) is 0 Å². The zero-order valence-electron chi connectivity index (χ0n) is 23.4. The van der Waals surface area contributed by atoms with Gasteiger partial charge in [-0.1, -0.05) is 127 Å². The fraction of sp³-hybridized carbons (Fsp3) is 0. The maximum atomic E-state index is 5.15. The molecular weight excluding hydrogens is 520 g/mol. The molecule has 200 valence electrons. The number of rotatable bonds is 3. The molecule has 2 nitrogen and oxygen atoms in total. The number of hydrogen-bond acceptors (Lipinski definition) is 1. The molecule has 0 aliphatic heterocycles. The molecule has 0 atom stereocenters. The number of imidazole rings is 1. The Hall–Kier alpha value is -5.73. The number of aromatic nitrogens is 2. The van der Waals surface area contributed by atoms with Crippen molar-refractivity contribution in [1.29, 1.82) is 0 Å². The van der Waals surface area contributed by atoms with Crippen LogP contribution in [0.15, 0.2) is 158 Å². The maximum absolute atomic E-state index is 5.15. The van der Waals surface area contributed by atoms with Gasteiger partial charge in [-0.15, -0.1) is 0 Å². The zero-order valence-corrected chi connectivity index (χ0v) is 23.4. The number of nitrogens with zero attached hydrogens (tertiary/aromatic N) is 2. The van der Waals surface area contributed by atoms with Gasteiger partial charge in [-0.25, -0.2) is 4.98 Å². The number of hydrogen-bond donors (Lipinski definition) is 0. The van der Waals surface area contributed by atoms with Gasteiger partial charge in [-0.05, 0) is 85.1 Å². The third kappa shape index (κ3) is 3.63. The molecule has 0 aliphatic rings. The molecule has 2 heterocycles.